The first-order valence-corrected chi connectivity index (χ1v) is 33.3. The lowest BCUT2D eigenvalue weighted by Crippen LogP contribution is -2.30. The molecule has 0 aliphatic rings. The first-order chi connectivity index (χ1) is 35.8. The highest BCUT2D eigenvalue weighted by Crippen LogP contribution is 2.20. The number of esters is 3. The van der Waals surface area contributed by atoms with Crippen LogP contribution < -0.4 is 0 Å². The predicted octanol–water partition coefficient (Wildman–Crippen LogP) is 22.4. The molecule has 2 unspecified atom stereocenters. The van der Waals surface area contributed by atoms with Crippen molar-refractivity contribution >= 4 is 17.9 Å². The molecule has 0 rings (SSSR count). The Balaban J connectivity index is 4.25. The maximum Gasteiger partial charge on any atom is 0.306 e. The van der Waals surface area contributed by atoms with Gasteiger partial charge in [-0.15, -0.1) is 0 Å². The SMILES string of the molecule is CCCCCCCCCCCCCCCCCCCCCC(=O)O[C@H](COC(=O)CCCCCCCCCCCCCCCCCCCCC(C)CC)COC(=O)CCCCCCCCCCCCC(C)CC. The van der Waals surface area contributed by atoms with Gasteiger partial charge in [0.15, 0.2) is 6.10 Å². The molecule has 3 atom stereocenters. The number of ether oxygens (including phenoxy) is 3. The quantitative estimate of drug-likeness (QED) is 0.0343. The molecule has 0 aliphatic carbocycles. The number of hydrogen-bond acceptors (Lipinski definition) is 6. The van der Waals surface area contributed by atoms with Crippen molar-refractivity contribution in [3.05, 3.63) is 0 Å². The van der Waals surface area contributed by atoms with E-state index in [1.807, 2.05) is 0 Å². The highest BCUT2D eigenvalue weighted by Gasteiger charge is 2.20. The zero-order valence-corrected chi connectivity index (χ0v) is 50.3. The van der Waals surface area contributed by atoms with E-state index in [-0.39, 0.29) is 31.1 Å². The van der Waals surface area contributed by atoms with Crippen LogP contribution in [0.2, 0.25) is 0 Å². The van der Waals surface area contributed by atoms with E-state index in [4.69, 9.17) is 14.2 Å². The Labute approximate surface area is 457 Å². The van der Waals surface area contributed by atoms with Gasteiger partial charge in [0.2, 0.25) is 0 Å². The molecule has 73 heavy (non-hydrogen) atoms. The van der Waals surface area contributed by atoms with Crippen molar-refractivity contribution in [3.8, 4) is 0 Å². The van der Waals surface area contributed by atoms with Crippen LogP contribution in [0.4, 0.5) is 0 Å². The van der Waals surface area contributed by atoms with Crippen molar-refractivity contribution < 1.29 is 28.6 Å². The number of rotatable bonds is 61. The van der Waals surface area contributed by atoms with E-state index in [9.17, 15) is 14.4 Å². The van der Waals surface area contributed by atoms with Crippen LogP contribution in [0.3, 0.4) is 0 Å². The lowest BCUT2D eigenvalue weighted by Gasteiger charge is -2.18. The Morgan fingerprint density at radius 2 is 0.479 bits per heavy atom. The first-order valence-electron chi connectivity index (χ1n) is 33.3. The monoisotopic (exact) mass is 1030 g/mol. The Morgan fingerprint density at radius 1 is 0.274 bits per heavy atom. The highest BCUT2D eigenvalue weighted by molar-refractivity contribution is 5.71. The molecule has 0 saturated carbocycles. The molecule has 0 amide bonds. The fraction of sp³-hybridized carbons (Fsp3) is 0.955. The molecule has 0 radical (unpaired) electrons. The van der Waals surface area contributed by atoms with Crippen LogP contribution in [0.5, 0.6) is 0 Å². The zero-order valence-electron chi connectivity index (χ0n) is 50.3. The third-order valence-corrected chi connectivity index (χ3v) is 16.2. The molecule has 6 heteroatoms. The van der Waals surface area contributed by atoms with Crippen LogP contribution in [-0.4, -0.2) is 37.2 Å². The van der Waals surface area contributed by atoms with Crippen LogP contribution in [0.15, 0.2) is 0 Å². The summed E-state index contributed by atoms with van der Waals surface area (Å²) in [5.41, 5.74) is 0. The van der Waals surface area contributed by atoms with Crippen molar-refractivity contribution in [2.24, 2.45) is 11.8 Å². The lowest BCUT2D eigenvalue weighted by atomic mass is 9.99. The lowest BCUT2D eigenvalue weighted by molar-refractivity contribution is -0.167. The highest BCUT2D eigenvalue weighted by atomic mass is 16.6. The summed E-state index contributed by atoms with van der Waals surface area (Å²) in [5.74, 6) is 0.949. The second-order valence-corrected chi connectivity index (χ2v) is 23.6. The second kappa shape index (κ2) is 59.7. The maximum absolute atomic E-state index is 12.9. The Hall–Kier alpha value is -1.59. The van der Waals surface area contributed by atoms with Crippen molar-refractivity contribution in [2.75, 3.05) is 13.2 Å². The van der Waals surface area contributed by atoms with E-state index in [1.165, 1.54) is 270 Å². The largest absolute Gasteiger partial charge is 0.462 e. The summed E-state index contributed by atoms with van der Waals surface area (Å²) in [7, 11) is 0. The number of unbranched alkanes of at least 4 members (excludes halogenated alkanes) is 44. The molecule has 0 aromatic carbocycles. The number of hydrogen-bond donors (Lipinski definition) is 0. The fourth-order valence-corrected chi connectivity index (χ4v) is 10.4. The van der Waals surface area contributed by atoms with Crippen LogP contribution in [0, 0.1) is 11.8 Å². The van der Waals surface area contributed by atoms with Crippen molar-refractivity contribution in [2.45, 2.75) is 387 Å². The second-order valence-electron chi connectivity index (χ2n) is 23.6. The first kappa shape index (κ1) is 71.4. The molecule has 0 aromatic heterocycles. The molecule has 0 N–H and O–H groups in total. The summed E-state index contributed by atoms with van der Waals surface area (Å²) in [5, 5.41) is 0. The smallest absolute Gasteiger partial charge is 0.306 e. The van der Waals surface area contributed by atoms with Crippen molar-refractivity contribution in [1.29, 1.82) is 0 Å². The summed E-state index contributed by atoms with van der Waals surface area (Å²) in [6.45, 7) is 11.5. The van der Waals surface area contributed by atoms with E-state index in [0.717, 1.165) is 69.6 Å². The number of carbonyl (C=O) groups excluding carboxylic acids is 3. The summed E-state index contributed by atoms with van der Waals surface area (Å²) in [6, 6.07) is 0. The van der Waals surface area contributed by atoms with Crippen LogP contribution in [0.1, 0.15) is 381 Å². The third kappa shape index (κ3) is 57.9. The van der Waals surface area contributed by atoms with Crippen LogP contribution >= 0.6 is 0 Å². The van der Waals surface area contributed by atoms with E-state index in [0.29, 0.717) is 19.3 Å². The summed E-state index contributed by atoms with van der Waals surface area (Å²) < 4.78 is 17.0. The van der Waals surface area contributed by atoms with E-state index in [1.54, 1.807) is 0 Å². The molecule has 0 aliphatic heterocycles. The van der Waals surface area contributed by atoms with Gasteiger partial charge >= 0.3 is 17.9 Å². The molecule has 0 heterocycles. The van der Waals surface area contributed by atoms with Gasteiger partial charge in [0.25, 0.3) is 0 Å². The number of carbonyl (C=O) groups is 3. The molecule has 0 bridgehead atoms. The van der Waals surface area contributed by atoms with Gasteiger partial charge in [0.05, 0.1) is 0 Å². The van der Waals surface area contributed by atoms with Gasteiger partial charge in [-0.3, -0.25) is 14.4 Å². The van der Waals surface area contributed by atoms with E-state index in [2.05, 4.69) is 34.6 Å². The van der Waals surface area contributed by atoms with Gasteiger partial charge in [0, 0.05) is 19.3 Å². The molecule has 0 fully saturated rings. The Bertz CT molecular complexity index is 1120. The minimum atomic E-state index is -0.764. The van der Waals surface area contributed by atoms with Gasteiger partial charge in [-0.05, 0) is 31.1 Å². The summed E-state index contributed by atoms with van der Waals surface area (Å²) in [6.07, 6.45) is 66.7. The average molecular weight is 1030 g/mol. The third-order valence-electron chi connectivity index (χ3n) is 16.2. The zero-order chi connectivity index (χ0) is 53.2. The fourth-order valence-electron chi connectivity index (χ4n) is 10.4. The summed E-state index contributed by atoms with van der Waals surface area (Å²) >= 11 is 0. The van der Waals surface area contributed by atoms with Gasteiger partial charge in [-0.1, -0.05) is 343 Å². The summed E-state index contributed by atoms with van der Waals surface area (Å²) in [4.78, 5) is 38.4. The molecule has 0 spiro atoms. The Morgan fingerprint density at radius 3 is 0.712 bits per heavy atom. The minimum Gasteiger partial charge on any atom is -0.462 e. The van der Waals surface area contributed by atoms with Crippen molar-refractivity contribution in [1.82, 2.24) is 0 Å². The maximum atomic E-state index is 12.9. The standard InChI is InChI=1S/C67H130O6/c1-6-9-10-11-12-13-14-15-16-17-18-23-26-29-32-39-44-49-54-59-67(70)73-64(61-72-66(69)58-53-48-43-38-34-33-36-41-46-51-56-63(5)8-3)60-71-65(68)57-52-47-42-37-31-28-25-22-20-19-21-24-27-30-35-40-45-50-55-62(4)7-2/h62-64H,6-61H2,1-5H3/t62?,63?,64-/m1/s1. The van der Waals surface area contributed by atoms with Gasteiger partial charge < -0.3 is 14.2 Å². The molecule has 6 nitrogen and oxygen atoms in total. The normalized spacial score (nSPS) is 12.8. The van der Waals surface area contributed by atoms with Crippen LogP contribution in [0.25, 0.3) is 0 Å². The van der Waals surface area contributed by atoms with E-state index < -0.39 is 6.10 Å². The van der Waals surface area contributed by atoms with Crippen LogP contribution in [-0.2, 0) is 28.6 Å². The predicted molar refractivity (Wildman–Crippen MR) is 316 cm³/mol. The molecular weight excluding hydrogens is 901 g/mol. The van der Waals surface area contributed by atoms with Gasteiger partial charge in [0.1, 0.15) is 13.2 Å². The Kier molecular flexibility index (Phi) is 58.4. The van der Waals surface area contributed by atoms with Crippen molar-refractivity contribution in [3.63, 3.8) is 0 Å². The molecule has 434 valence electrons. The topological polar surface area (TPSA) is 78.9 Å². The average Bonchev–Trinajstić information content (AvgIpc) is 3.39. The van der Waals surface area contributed by atoms with Gasteiger partial charge in [-0.25, -0.2) is 0 Å². The minimum absolute atomic E-state index is 0.0619. The molecular formula is C67H130O6. The van der Waals surface area contributed by atoms with Gasteiger partial charge in [-0.2, -0.15) is 0 Å². The molecule has 0 saturated heterocycles. The molecule has 0 aromatic rings. The van der Waals surface area contributed by atoms with E-state index >= 15 is 0 Å².